The Hall–Kier alpha value is -1.11. The van der Waals surface area contributed by atoms with E-state index in [1.807, 2.05) is 0 Å². The van der Waals surface area contributed by atoms with Crippen LogP contribution in [-0.4, -0.2) is 45.5 Å². The first-order chi connectivity index (χ1) is 9.73. The highest BCUT2D eigenvalue weighted by atomic mass is 35.7. The fourth-order valence-corrected chi connectivity index (χ4v) is 4.42. The molecule has 7 heteroatoms. The zero-order valence-corrected chi connectivity index (χ0v) is 13.8. The van der Waals surface area contributed by atoms with E-state index in [0.717, 1.165) is 5.56 Å². The van der Waals surface area contributed by atoms with Gasteiger partial charge in [-0.05, 0) is 37.5 Å². The maximum absolute atomic E-state index is 12.7. The van der Waals surface area contributed by atoms with Gasteiger partial charge in [-0.1, -0.05) is 6.07 Å². The third-order valence-corrected chi connectivity index (χ3v) is 5.24. The molecule has 0 N–H and O–H groups in total. The van der Waals surface area contributed by atoms with E-state index < -0.39 is 9.05 Å². The molecule has 1 aromatic rings. The van der Waals surface area contributed by atoms with Gasteiger partial charge in [0.1, 0.15) is 0 Å². The third-order valence-electron chi connectivity index (χ3n) is 3.66. The Labute approximate surface area is 129 Å². The number of carbonyl (C=O) groups is 1. The van der Waals surface area contributed by atoms with Crippen molar-refractivity contribution in [1.82, 2.24) is 4.90 Å². The summed E-state index contributed by atoms with van der Waals surface area (Å²) in [5.74, 6) is -0.171. The number of morpholine rings is 1. The van der Waals surface area contributed by atoms with Crippen LogP contribution in [0.2, 0.25) is 0 Å². The molecular weight excluding hydrogens is 314 g/mol. The van der Waals surface area contributed by atoms with E-state index in [4.69, 9.17) is 15.4 Å². The van der Waals surface area contributed by atoms with Crippen molar-refractivity contribution in [2.75, 3.05) is 26.3 Å². The average Bonchev–Trinajstić information content (AvgIpc) is 2.37. The number of carbonyl (C=O) groups excluding carboxylic acids is 1. The second-order valence-electron chi connectivity index (χ2n) is 5.18. The van der Waals surface area contributed by atoms with Crippen molar-refractivity contribution in [2.45, 2.75) is 25.7 Å². The van der Waals surface area contributed by atoms with E-state index in [1.54, 1.807) is 31.7 Å². The zero-order valence-electron chi connectivity index (χ0n) is 12.3. The minimum absolute atomic E-state index is 0.0337. The molecular formula is C14H18ClNO4S. The maximum atomic E-state index is 12.7. The Balaban J connectivity index is 2.56. The van der Waals surface area contributed by atoms with Gasteiger partial charge in [0.05, 0.1) is 18.1 Å². The van der Waals surface area contributed by atoms with Crippen LogP contribution < -0.4 is 0 Å². The van der Waals surface area contributed by atoms with Crippen LogP contribution in [0.15, 0.2) is 11.0 Å². The van der Waals surface area contributed by atoms with Gasteiger partial charge >= 0.3 is 0 Å². The summed E-state index contributed by atoms with van der Waals surface area (Å²) in [4.78, 5) is 14.4. The number of aryl methyl sites for hydroxylation is 2. The average molecular weight is 332 g/mol. The minimum Gasteiger partial charge on any atom is -0.378 e. The Morgan fingerprint density at radius 2 is 1.76 bits per heavy atom. The molecule has 0 aromatic heterocycles. The number of rotatable bonds is 2. The van der Waals surface area contributed by atoms with E-state index in [-0.39, 0.29) is 10.8 Å². The van der Waals surface area contributed by atoms with Crippen molar-refractivity contribution in [3.8, 4) is 0 Å². The fraction of sp³-hybridized carbons (Fsp3) is 0.500. The van der Waals surface area contributed by atoms with Gasteiger partial charge in [-0.15, -0.1) is 0 Å². The van der Waals surface area contributed by atoms with E-state index >= 15 is 0 Å². The van der Waals surface area contributed by atoms with Crippen LogP contribution in [0.1, 0.15) is 27.0 Å². The maximum Gasteiger partial charge on any atom is 0.261 e. The number of halogens is 1. The molecule has 0 bridgehead atoms. The lowest BCUT2D eigenvalue weighted by Crippen LogP contribution is -2.41. The topological polar surface area (TPSA) is 63.7 Å². The van der Waals surface area contributed by atoms with E-state index in [0.29, 0.717) is 43.0 Å². The number of ether oxygens (including phenoxy) is 1. The van der Waals surface area contributed by atoms with Crippen LogP contribution in [0.5, 0.6) is 0 Å². The molecule has 1 heterocycles. The summed E-state index contributed by atoms with van der Waals surface area (Å²) in [5.41, 5.74) is 2.14. The SMILES string of the molecule is Cc1cc(C)c(S(=O)(=O)Cl)c(C)c1C(=O)N1CCOCC1. The molecule has 0 aliphatic carbocycles. The van der Waals surface area contributed by atoms with Crippen molar-refractivity contribution in [3.05, 3.63) is 28.3 Å². The minimum atomic E-state index is -3.89. The molecule has 1 aliphatic rings. The molecule has 5 nitrogen and oxygen atoms in total. The first-order valence-corrected chi connectivity index (χ1v) is 8.97. The van der Waals surface area contributed by atoms with Gasteiger partial charge in [0.15, 0.2) is 0 Å². The summed E-state index contributed by atoms with van der Waals surface area (Å²) in [6.45, 7) is 7.12. The lowest BCUT2D eigenvalue weighted by Gasteiger charge is -2.28. The lowest BCUT2D eigenvalue weighted by molar-refractivity contribution is 0.0301. The number of hydrogen-bond donors (Lipinski definition) is 0. The molecule has 0 saturated carbocycles. The van der Waals surface area contributed by atoms with Gasteiger partial charge in [-0.25, -0.2) is 8.42 Å². The summed E-state index contributed by atoms with van der Waals surface area (Å²) in [5, 5.41) is 0. The molecule has 0 spiro atoms. The quantitative estimate of drug-likeness (QED) is 0.778. The van der Waals surface area contributed by atoms with Crippen molar-refractivity contribution in [1.29, 1.82) is 0 Å². The summed E-state index contributed by atoms with van der Waals surface area (Å²) >= 11 is 0. The van der Waals surface area contributed by atoms with Crippen molar-refractivity contribution in [3.63, 3.8) is 0 Å². The Morgan fingerprint density at radius 1 is 1.19 bits per heavy atom. The smallest absolute Gasteiger partial charge is 0.261 e. The van der Waals surface area contributed by atoms with Gasteiger partial charge in [-0.2, -0.15) is 0 Å². The van der Waals surface area contributed by atoms with Crippen LogP contribution in [0.4, 0.5) is 0 Å². The first-order valence-electron chi connectivity index (χ1n) is 6.66. The largest absolute Gasteiger partial charge is 0.378 e. The normalized spacial score (nSPS) is 16.1. The van der Waals surface area contributed by atoms with Crippen molar-refractivity contribution < 1.29 is 17.9 Å². The zero-order chi connectivity index (χ0) is 15.8. The van der Waals surface area contributed by atoms with E-state index in [1.165, 1.54) is 0 Å². The Bertz CT molecular complexity index is 679. The predicted octanol–water partition coefficient (Wildman–Crippen LogP) is 2.01. The number of nitrogens with zero attached hydrogens (tertiary/aromatic N) is 1. The molecule has 116 valence electrons. The molecule has 1 fully saturated rings. The Morgan fingerprint density at radius 3 is 2.29 bits per heavy atom. The van der Waals surface area contributed by atoms with Gasteiger partial charge in [0, 0.05) is 29.3 Å². The Kier molecular flexibility index (Phi) is 4.60. The molecule has 0 radical (unpaired) electrons. The van der Waals surface area contributed by atoms with Gasteiger partial charge in [0.25, 0.3) is 15.0 Å². The number of amides is 1. The molecule has 1 aromatic carbocycles. The monoisotopic (exact) mass is 331 g/mol. The molecule has 1 amide bonds. The van der Waals surface area contributed by atoms with Crippen molar-refractivity contribution >= 4 is 25.6 Å². The highest BCUT2D eigenvalue weighted by molar-refractivity contribution is 8.13. The van der Waals surface area contributed by atoms with Gasteiger partial charge in [-0.3, -0.25) is 4.79 Å². The number of benzene rings is 1. The predicted molar refractivity (Wildman–Crippen MR) is 80.4 cm³/mol. The molecule has 0 unspecified atom stereocenters. The standard InChI is InChI=1S/C14H18ClNO4S/c1-9-8-10(2)13(21(15,18)19)11(3)12(9)14(17)16-4-6-20-7-5-16/h8H,4-7H2,1-3H3. The summed E-state index contributed by atoms with van der Waals surface area (Å²) in [6.07, 6.45) is 0. The second-order valence-corrected chi connectivity index (χ2v) is 7.68. The van der Waals surface area contributed by atoms with Crippen LogP contribution in [0, 0.1) is 20.8 Å². The highest BCUT2D eigenvalue weighted by Crippen LogP contribution is 2.29. The summed E-state index contributed by atoms with van der Waals surface area (Å²) < 4.78 is 28.7. The van der Waals surface area contributed by atoms with Gasteiger partial charge < -0.3 is 9.64 Å². The van der Waals surface area contributed by atoms with E-state index in [9.17, 15) is 13.2 Å². The lowest BCUT2D eigenvalue weighted by atomic mass is 9.98. The molecule has 2 rings (SSSR count). The molecule has 0 atom stereocenters. The van der Waals surface area contributed by atoms with Crippen LogP contribution in [-0.2, 0) is 13.8 Å². The first kappa shape index (κ1) is 16.3. The van der Waals surface area contributed by atoms with Crippen molar-refractivity contribution in [2.24, 2.45) is 0 Å². The van der Waals surface area contributed by atoms with Crippen LogP contribution in [0.25, 0.3) is 0 Å². The molecule has 1 aliphatic heterocycles. The van der Waals surface area contributed by atoms with Gasteiger partial charge in [0.2, 0.25) is 0 Å². The second kappa shape index (κ2) is 5.94. The molecule has 1 saturated heterocycles. The molecule has 21 heavy (non-hydrogen) atoms. The highest BCUT2D eigenvalue weighted by Gasteiger charge is 2.27. The summed E-state index contributed by atoms with van der Waals surface area (Å²) in [6, 6.07) is 1.69. The van der Waals surface area contributed by atoms with Crippen LogP contribution >= 0.6 is 10.7 Å². The number of hydrogen-bond acceptors (Lipinski definition) is 4. The third kappa shape index (κ3) is 3.22. The van der Waals surface area contributed by atoms with Crippen LogP contribution in [0.3, 0.4) is 0 Å². The summed E-state index contributed by atoms with van der Waals surface area (Å²) in [7, 11) is 1.62. The fourth-order valence-electron chi connectivity index (χ4n) is 2.80. The van der Waals surface area contributed by atoms with E-state index in [2.05, 4.69) is 0 Å².